The van der Waals surface area contributed by atoms with Crippen LogP contribution in [0.4, 0.5) is 0 Å². The van der Waals surface area contributed by atoms with Crippen LogP contribution in [0.5, 0.6) is 0 Å². The molecular weight excluding hydrogens is 337 g/mol. The number of hydrogen-bond acceptors (Lipinski definition) is 3. The van der Waals surface area contributed by atoms with Crippen LogP contribution in [-0.2, 0) is 0 Å². The second-order valence-corrected chi connectivity index (χ2v) is 16.3. The number of rotatable bonds is 3. The van der Waals surface area contributed by atoms with Gasteiger partial charge in [0.2, 0.25) is 0 Å². The zero-order chi connectivity index (χ0) is 11.7. The smallest absolute Gasteiger partial charge is 0.213 e. The summed E-state index contributed by atoms with van der Waals surface area (Å²) in [5, 5.41) is 0. The molecule has 3 nitrogen and oxygen atoms in total. The number of halogens is 4. The number of nitrogens with zero attached hydrogens (tertiary/aromatic N) is 3. The summed E-state index contributed by atoms with van der Waals surface area (Å²) < 4.78 is 12.6. The van der Waals surface area contributed by atoms with E-state index in [4.69, 9.17) is 45.0 Å². The van der Waals surface area contributed by atoms with Crippen LogP contribution in [0.1, 0.15) is 6.92 Å². The fourth-order valence-electron chi connectivity index (χ4n) is 1.12. The molecule has 0 N–H and O–H groups in total. The van der Waals surface area contributed by atoms with Gasteiger partial charge in [-0.05, 0) is 51.1 Å². The molecule has 0 spiro atoms. The molecule has 0 aliphatic carbocycles. The maximum absolute atomic E-state index is 5.99. The first kappa shape index (κ1) is 14.7. The third-order valence-electron chi connectivity index (χ3n) is 1.69. The molecule has 1 rings (SSSR count). The van der Waals surface area contributed by atoms with Crippen molar-refractivity contribution >= 4 is 64.0 Å². The van der Waals surface area contributed by atoms with Crippen LogP contribution < -0.4 is 0 Å². The highest BCUT2D eigenvalue weighted by molar-refractivity contribution is 8.21. The average molecular weight is 347 g/mol. The maximum atomic E-state index is 5.99. The molecule has 15 heavy (non-hydrogen) atoms. The third kappa shape index (κ3) is 4.07. The van der Waals surface area contributed by atoms with Crippen molar-refractivity contribution in [2.75, 3.05) is 12.3 Å². The fourth-order valence-corrected chi connectivity index (χ4v) is 18.3. The van der Waals surface area contributed by atoms with Crippen molar-refractivity contribution < 1.29 is 0 Å². The van der Waals surface area contributed by atoms with E-state index in [0.717, 1.165) is 6.16 Å². The summed E-state index contributed by atoms with van der Waals surface area (Å²) in [6, 6.07) is 0. The van der Waals surface area contributed by atoms with Gasteiger partial charge in [0.15, 0.2) is 0 Å². The highest BCUT2D eigenvalue weighted by atomic mass is 35.9. The minimum atomic E-state index is -2.74. The summed E-state index contributed by atoms with van der Waals surface area (Å²) in [7, 11) is -2.01. The summed E-state index contributed by atoms with van der Waals surface area (Å²) in [6.07, 6.45) is 3.11. The van der Waals surface area contributed by atoms with Crippen LogP contribution in [-0.4, -0.2) is 12.3 Å². The van der Waals surface area contributed by atoms with E-state index < -0.39 is 19.0 Å². The monoisotopic (exact) mass is 345 g/mol. The second kappa shape index (κ2) is 5.07. The zero-order valence-electron chi connectivity index (χ0n) is 7.89. The lowest BCUT2D eigenvalue weighted by Gasteiger charge is -2.24. The summed E-state index contributed by atoms with van der Waals surface area (Å²) in [6.45, 7) is 5.64. The molecule has 0 radical (unpaired) electrons. The van der Waals surface area contributed by atoms with E-state index in [0.29, 0.717) is 6.16 Å². The van der Waals surface area contributed by atoms with Gasteiger partial charge in [0, 0.05) is 6.16 Å². The van der Waals surface area contributed by atoms with E-state index >= 15 is 0 Å². The SMILES string of the molecule is C=CCP1(CC)=NP(Cl)(Cl)=NP(Cl)(Cl)=N1. The molecule has 1 atom stereocenters. The summed E-state index contributed by atoms with van der Waals surface area (Å²) >= 11 is 24.0. The fraction of sp³-hybridized carbons (Fsp3) is 0.600. The van der Waals surface area contributed by atoms with Crippen molar-refractivity contribution in [2.45, 2.75) is 6.92 Å². The molecule has 0 aromatic heterocycles. The van der Waals surface area contributed by atoms with Gasteiger partial charge in [-0.15, -0.1) is 6.58 Å². The van der Waals surface area contributed by atoms with Crippen LogP contribution in [0.25, 0.3) is 0 Å². The quantitative estimate of drug-likeness (QED) is 0.383. The molecule has 0 bridgehead atoms. The topological polar surface area (TPSA) is 37.1 Å². The van der Waals surface area contributed by atoms with Crippen molar-refractivity contribution in [1.82, 2.24) is 0 Å². The first-order valence-electron chi connectivity index (χ1n) is 4.03. The number of allylic oxidation sites excluding steroid dienone is 1. The van der Waals surface area contributed by atoms with E-state index in [-0.39, 0.29) is 0 Å². The second-order valence-electron chi connectivity index (χ2n) is 2.85. The van der Waals surface area contributed by atoms with Gasteiger partial charge in [0.25, 0.3) is 11.8 Å². The van der Waals surface area contributed by atoms with E-state index in [1.165, 1.54) is 0 Å². The molecular formula is C5H10Cl4N3P3. The molecule has 10 heteroatoms. The zero-order valence-corrected chi connectivity index (χ0v) is 13.6. The number of hydrogen-bond donors (Lipinski definition) is 0. The first-order chi connectivity index (χ1) is 6.74. The average Bonchev–Trinajstić information content (AvgIpc) is 1.98. The van der Waals surface area contributed by atoms with Gasteiger partial charge >= 0.3 is 0 Å². The summed E-state index contributed by atoms with van der Waals surface area (Å²) in [4.78, 5) is 0. The lowest BCUT2D eigenvalue weighted by molar-refractivity contribution is 1.42. The van der Waals surface area contributed by atoms with Gasteiger partial charge in [-0.3, -0.25) is 0 Å². The Balaban J connectivity index is 3.45. The molecule has 88 valence electrons. The summed E-state index contributed by atoms with van der Waals surface area (Å²) in [5.74, 6) is -5.48. The predicted molar refractivity (Wildman–Crippen MR) is 77.1 cm³/mol. The molecule has 0 aromatic rings. The Morgan fingerprint density at radius 3 is 2.00 bits per heavy atom. The molecule has 1 aliphatic rings. The largest absolute Gasteiger partial charge is 0.255 e. The van der Waals surface area contributed by atoms with Crippen molar-refractivity contribution in [3.05, 3.63) is 12.7 Å². The lowest BCUT2D eigenvalue weighted by atomic mass is 10.8. The third-order valence-corrected chi connectivity index (χ3v) is 14.5. The Morgan fingerprint density at radius 2 is 1.60 bits per heavy atom. The standard InChI is InChI=1S/C5H10Cl4N3P3/c1-3-5-13(4-2)10-14(6,7)12-15(8,9)11-13/h3H,1,4-5H2,2H3. The van der Waals surface area contributed by atoms with E-state index in [2.05, 4.69) is 20.1 Å². The summed E-state index contributed by atoms with van der Waals surface area (Å²) in [5.41, 5.74) is 0. The van der Waals surface area contributed by atoms with Gasteiger partial charge in [-0.1, -0.05) is 13.0 Å². The van der Waals surface area contributed by atoms with Crippen LogP contribution in [0, 0.1) is 0 Å². The molecule has 1 unspecified atom stereocenters. The Kier molecular flexibility index (Phi) is 4.95. The highest BCUT2D eigenvalue weighted by Gasteiger charge is 2.31. The van der Waals surface area contributed by atoms with Gasteiger partial charge in [-0.25, -0.2) is 9.03 Å². The van der Waals surface area contributed by atoms with E-state index in [1.807, 2.05) is 6.92 Å². The van der Waals surface area contributed by atoms with Crippen LogP contribution in [0.2, 0.25) is 0 Å². The van der Waals surface area contributed by atoms with Crippen molar-refractivity contribution in [3.8, 4) is 0 Å². The normalized spacial score (nSPS) is 32.1. The minimum Gasteiger partial charge on any atom is -0.213 e. The highest BCUT2D eigenvalue weighted by Crippen LogP contribution is 2.85. The molecule has 0 saturated heterocycles. The van der Waals surface area contributed by atoms with Crippen molar-refractivity contribution in [3.63, 3.8) is 0 Å². The molecule has 0 amide bonds. The van der Waals surface area contributed by atoms with Crippen molar-refractivity contribution in [1.29, 1.82) is 0 Å². The Labute approximate surface area is 109 Å². The van der Waals surface area contributed by atoms with Gasteiger partial charge in [-0.2, -0.15) is 4.52 Å². The Hall–Kier alpha value is 1.59. The molecule has 1 aliphatic heterocycles. The lowest BCUT2D eigenvalue weighted by Crippen LogP contribution is -1.88. The molecule has 0 saturated carbocycles. The minimum absolute atomic E-state index is 0.626. The van der Waals surface area contributed by atoms with Crippen LogP contribution in [0.3, 0.4) is 0 Å². The van der Waals surface area contributed by atoms with E-state index in [1.54, 1.807) is 6.08 Å². The molecule has 1 heterocycles. The molecule has 0 aromatic carbocycles. The van der Waals surface area contributed by atoms with Crippen LogP contribution >= 0.6 is 64.0 Å². The molecule has 0 fully saturated rings. The van der Waals surface area contributed by atoms with Gasteiger partial charge in [0.1, 0.15) is 0 Å². The maximum Gasteiger partial charge on any atom is 0.255 e. The Morgan fingerprint density at radius 1 is 1.07 bits per heavy atom. The van der Waals surface area contributed by atoms with Gasteiger partial charge in [0.05, 0.1) is 7.21 Å². The predicted octanol–water partition coefficient (Wildman–Crippen LogP) is 7.17. The van der Waals surface area contributed by atoms with Crippen molar-refractivity contribution in [2.24, 2.45) is 13.5 Å². The van der Waals surface area contributed by atoms with Gasteiger partial charge < -0.3 is 0 Å². The van der Waals surface area contributed by atoms with E-state index in [9.17, 15) is 0 Å². The Bertz CT molecular complexity index is 423. The first-order valence-corrected chi connectivity index (χ1v) is 13.1. The van der Waals surface area contributed by atoms with Crippen LogP contribution in [0.15, 0.2) is 26.2 Å².